The van der Waals surface area contributed by atoms with Crippen molar-refractivity contribution < 1.29 is 9.59 Å². The van der Waals surface area contributed by atoms with E-state index in [4.69, 9.17) is 0 Å². The number of rotatable bonds is 5. The van der Waals surface area contributed by atoms with Gasteiger partial charge in [0.25, 0.3) is 0 Å². The predicted molar refractivity (Wildman–Crippen MR) is 101 cm³/mol. The zero-order chi connectivity index (χ0) is 18.0. The summed E-state index contributed by atoms with van der Waals surface area (Å²) < 4.78 is 0.674. The third-order valence-electron chi connectivity index (χ3n) is 3.96. The summed E-state index contributed by atoms with van der Waals surface area (Å²) in [6.07, 6.45) is 0.886. The maximum atomic E-state index is 12.7. The van der Waals surface area contributed by atoms with Crippen LogP contribution in [0, 0.1) is 5.92 Å². The standard InChI is InChI=1S/C17H20N4O2S2/c1-10(2)15(23)18-16-19-20-17(25-16)24-9-14(22)21-11(3)8-12-6-4-5-7-13(12)21/h4-7,10-11H,8-9H2,1-3H3,(H,18,19,23)/t11-/m1/s1. The van der Waals surface area contributed by atoms with Gasteiger partial charge in [0.1, 0.15) is 0 Å². The number of carbonyl (C=O) groups is 2. The van der Waals surface area contributed by atoms with E-state index in [1.54, 1.807) is 0 Å². The van der Waals surface area contributed by atoms with Gasteiger partial charge in [-0.2, -0.15) is 0 Å². The van der Waals surface area contributed by atoms with E-state index in [1.807, 2.05) is 36.9 Å². The Balaban J connectivity index is 1.60. The van der Waals surface area contributed by atoms with Crippen LogP contribution in [0.1, 0.15) is 26.3 Å². The molecule has 0 bridgehead atoms. The Morgan fingerprint density at radius 1 is 1.36 bits per heavy atom. The molecule has 0 saturated heterocycles. The van der Waals surface area contributed by atoms with E-state index in [-0.39, 0.29) is 23.8 Å². The molecule has 25 heavy (non-hydrogen) atoms. The fourth-order valence-corrected chi connectivity index (χ4v) is 4.32. The van der Waals surface area contributed by atoms with Crippen molar-refractivity contribution in [3.63, 3.8) is 0 Å². The highest BCUT2D eigenvalue weighted by Gasteiger charge is 2.30. The summed E-state index contributed by atoms with van der Waals surface area (Å²) in [5, 5.41) is 11.2. The van der Waals surface area contributed by atoms with Crippen molar-refractivity contribution in [2.24, 2.45) is 5.92 Å². The molecule has 0 saturated carbocycles. The molecule has 2 heterocycles. The quantitative estimate of drug-likeness (QED) is 0.641. The van der Waals surface area contributed by atoms with Gasteiger partial charge in [0.05, 0.1) is 5.75 Å². The van der Waals surface area contributed by atoms with Crippen molar-refractivity contribution in [1.82, 2.24) is 10.2 Å². The molecule has 3 rings (SSSR count). The number of para-hydroxylation sites is 1. The third kappa shape index (κ3) is 4.01. The number of amides is 2. The van der Waals surface area contributed by atoms with Gasteiger partial charge in [-0.15, -0.1) is 10.2 Å². The number of hydrogen-bond donors (Lipinski definition) is 1. The summed E-state index contributed by atoms with van der Waals surface area (Å²) in [5.74, 6) is 0.154. The van der Waals surface area contributed by atoms with Crippen LogP contribution in [-0.2, 0) is 16.0 Å². The summed E-state index contributed by atoms with van der Waals surface area (Å²) in [7, 11) is 0. The maximum absolute atomic E-state index is 12.7. The van der Waals surface area contributed by atoms with Crippen molar-refractivity contribution in [3.05, 3.63) is 29.8 Å². The molecule has 132 valence electrons. The molecule has 1 aliphatic heterocycles. The van der Waals surface area contributed by atoms with Crippen molar-refractivity contribution >= 4 is 45.7 Å². The highest BCUT2D eigenvalue weighted by molar-refractivity contribution is 8.01. The molecule has 1 atom stereocenters. The minimum absolute atomic E-state index is 0.0606. The van der Waals surface area contributed by atoms with E-state index < -0.39 is 0 Å². The largest absolute Gasteiger partial charge is 0.308 e. The van der Waals surface area contributed by atoms with Crippen LogP contribution in [0.15, 0.2) is 28.6 Å². The summed E-state index contributed by atoms with van der Waals surface area (Å²) in [5.41, 5.74) is 2.21. The molecule has 0 aliphatic carbocycles. The zero-order valence-electron chi connectivity index (χ0n) is 14.4. The summed E-state index contributed by atoms with van der Waals surface area (Å²) in [4.78, 5) is 26.2. The first-order valence-corrected chi connectivity index (χ1v) is 9.93. The number of nitrogens with one attached hydrogen (secondary N) is 1. The summed E-state index contributed by atoms with van der Waals surface area (Å²) >= 11 is 2.64. The number of hydrogen-bond acceptors (Lipinski definition) is 6. The Morgan fingerprint density at radius 3 is 2.88 bits per heavy atom. The van der Waals surface area contributed by atoms with Gasteiger partial charge in [-0.25, -0.2) is 0 Å². The first-order chi connectivity index (χ1) is 12.0. The van der Waals surface area contributed by atoms with Gasteiger partial charge < -0.3 is 10.2 Å². The van der Waals surface area contributed by atoms with Gasteiger partial charge in [0.15, 0.2) is 4.34 Å². The average molecular weight is 377 g/mol. The van der Waals surface area contributed by atoms with Gasteiger partial charge in [0.2, 0.25) is 16.9 Å². The summed E-state index contributed by atoms with van der Waals surface area (Å²) in [6.45, 7) is 5.70. The maximum Gasteiger partial charge on any atom is 0.237 e. The van der Waals surface area contributed by atoms with Crippen LogP contribution in [0.5, 0.6) is 0 Å². The lowest BCUT2D eigenvalue weighted by Gasteiger charge is -2.22. The lowest BCUT2D eigenvalue weighted by atomic mass is 10.1. The van der Waals surface area contributed by atoms with Crippen LogP contribution in [-0.4, -0.2) is 33.8 Å². The predicted octanol–water partition coefficient (Wildman–Crippen LogP) is 3.20. The minimum atomic E-state index is -0.113. The van der Waals surface area contributed by atoms with Crippen molar-refractivity contribution in [2.75, 3.05) is 16.0 Å². The van der Waals surface area contributed by atoms with E-state index in [2.05, 4.69) is 28.5 Å². The third-order valence-corrected chi connectivity index (χ3v) is 5.91. The van der Waals surface area contributed by atoms with E-state index >= 15 is 0 Å². The Kier molecular flexibility index (Phi) is 5.39. The molecular weight excluding hydrogens is 356 g/mol. The Morgan fingerprint density at radius 2 is 2.12 bits per heavy atom. The highest BCUT2D eigenvalue weighted by atomic mass is 32.2. The van der Waals surface area contributed by atoms with Gasteiger partial charge >= 0.3 is 0 Å². The normalized spacial score (nSPS) is 16.2. The van der Waals surface area contributed by atoms with Crippen LogP contribution >= 0.6 is 23.1 Å². The Bertz CT molecular complexity index is 790. The molecular formula is C17H20N4O2S2. The number of aromatic nitrogens is 2. The second-order valence-electron chi connectivity index (χ2n) is 6.25. The molecule has 2 amide bonds. The fourth-order valence-electron chi connectivity index (χ4n) is 2.71. The molecule has 0 spiro atoms. The number of nitrogens with zero attached hydrogens (tertiary/aromatic N) is 3. The number of fused-ring (bicyclic) bond motifs is 1. The minimum Gasteiger partial charge on any atom is -0.308 e. The monoisotopic (exact) mass is 376 g/mol. The van der Waals surface area contributed by atoms with E-state index in [0.29, 0.717) is 15.2 Å². The number of thioether (sulfide) groups is 1. The number of anilines is 2. The lowest BCUT2D eigenvalue weighted by molar-refractivity contribution is -0.119. The fraction of sp³-hybridized carbons (Fsp3) is 0.412. The molecule has 8 heteroatoms. The zero-order valence-corrected chi connectivity index (χ0v) is 16.0. The highest BCUT2D eigenvalue weighted by Crippen LogP contribution is 2.33. The van der Waals surface area contributed by atoms with Gasteiger partial charge in [-0.1, -0.05) is 55.1 Å². The molecule has 6 nitrogen and oxygen atoms in total. The van der Waals surface area contributed by atoms with Crippen LogP contribution in [0.4, 0.5) is 10.8 Å². The molecule has 0 radical (unpaired) electrons. The molecule has 1 N–H and O–H groups in total. The topological polar surface area (TPSA) is 75.2 Å². The van der Waals surface area contributed by atoms with Crippen LogP contribution in [0.25, 0.3) is 0 Å². The Labute approximate surface area is 155 Å². The molecule has 0 unspecified atom stereocenters. The van der Waals surface area contributed by atoms with Gasteiger partial charge in [0, 0.05) is 17.6 Å². The second-order valence-corrected chi connectivity index (χ2v) is 8.45. The second kappa shape index (κ2) is 7.53. The van der Waals surface area contributed by atoms with E-state index in [9.17, 15) is 9.59 Å². The average Bonchev–Trinajstić information content (AvgIpc) is 3.15. The van der Waals surface area contributed by atoms with Gasteiger partial charge in [-0.3, -0.25) is 9.59 Å². The number of benzene rings is 1. The first-order valence-electron chi connectivity index (χ1n) is 8.13. The lowest BCUT2D eigenvalue weighted by Crippen LogP contribution is -2.36. The molecule has 0 fully saturated rings. The first kappa shape index (κ1) is 17.9. The van der Waals surface area contributed by atoms with Crippen molar-refractivity contribution in [2.45, 2.75) is 37.6 Å². The van der Waals surface area contributed by atoms with E-state index in [1.165, 1.54) is 28.7 Å². The SMILES string of the molecule is CC(C)C(=O)Nc1nnc(SCC(=O)N2c3ccccc3C[C@H]2C)s1. The Hall–Kier alpha value is -1.93. The summed E-state index contributed by atoms with van der Waals surface area (Å²) in [6, 6.07) is 8.19. The van der Waals surface area contributed by atoms with Crippen LogP contribution < -0.4 is 10.2 Å². The van der Waals surface area contributed by atoms with Crippen molar-refractivity contribution in [3.8, 4) is 0 Å². The molecule has 2 aromatic rings. The number of carbonyl (C=O) groups excluding carboxylic acids is 2. The van der Waals surface area contributed by atoms with E-state index in [0.717, 1.165) is 12.1 Å². The molecule has 1 aromatic carbocycles. The van der Waals surface area contributed by atoms with Gasteiger partial charge in [-0.05, 0) is 25.0 Å². The molecule has 1 aromatic heterocycles. The van der Waals surface area contributed by atoms with Crippen molar-refractivity contribution in [1.29, 1.82) is 0 Å². The van der Waals surface area contributed by atoms with Crippen LogP contribution in [0.2, 0.25) is 0 Å². The smallest absolute Gasteiger partial charge is 0.237 e. The van der Waals surface area contributed by atoms with Crippen LogP contribution in [0.3, 0.4) is 0 Å². The molecule has 1 aliphatic rings.